The number of aromatic carboxylic acids is 1. The van der Waals surface area contributed by atoms with E-state index in [2.05, 4.69) is 10.2 Å². The number of aryl methyl sites for hydroxylation is 1. The fourth-order valence-corrected chi connectivity index (χ4v) is 1.22. The van der Waals surface area contributed by atoms with E-state index in [1.165, 1.54) is 6.07 Å². The number of fused-ring (bicyclic) bond motifs is 1. The molecule has 0 spiro atoms. The van der Waals surface area contributed by atoms with Crippen LogP contribution in [0.2, 0.25) is 0 Å². The Morgan fingerprint density at radius 3 is 3.15 bits per heavy atom. The van der Waals surface area contributed by atoms with E-state index in [1.54, 1.807) is 0 Å². The van der Waals surface area contributed by atoms with Gasteiger partial charge in [-0.05, 0) is 12.8 Å². The van der Waals surface area contributed by atoms with Crippen LogP contribution in [-0.4, -0.2) is 27.9 Å². The number of aromatic nitrogens is 2. The van der Waals surface area contributed by atoms with Crippen molar-refractivity contribution in [2.75, 3.05) is 6.61 Å². The summed E-state index contributed by atoms with van der Waals surface area (Å²) in [6.45, 7) is 0.623. The molecule has 13 heavy (non-hydrogen) atoms. The zero-order valence-corrected chi connectivity index (χ0v) is 6.86. The van der Waals surface area contributed by atoms with E-state index in [0.717, 1.165) is 18.5 Å². The molecule has 1 N–H and O–H groups in total. The van der Waals surface area contributed by atoms with Crippen LogP contribution >= 0.6 is 0 Å². The molecule has 0 unspecified atom stereocenters. The Hall–Kier alpha value is -1.65. The number of carboxylic acids is 1. The predicted molar refractivity (Wildman–Crippen MR) is 42.8 cm³/mol. The van der Waals surface area contributed by atoms with Crippen molar-refractivity contribution in [2.24, 2.45) is 0 Å². The molecule has 68 valence electrons. The molecule has 1 aromatic rings. The summed E-state index contributed by atoms with van der Waals surface area (Å²) < 4.78 is 5.25. The van der Waals surface area contributed by atoms with Crippen LogP contribution in [0.5, 0.6) is 5.75 Å². The Kier molecular flexibility index (Phi) is 1.84. The lowest BCUT2D eigenvalue weighted by Crippen LogP contribution is -2.13. The van der Waals surface area contributed by atoms with Crippen LogP contribution in [0.4, 0.5) is 0 Å². The quantitative estimate of drug-likeness (QED) is 0.681. The standard InChI is InChI=1S/C8H8N2O3/c11-8(12)6-4-7-5(9-10-6)2-1-3-13-7/h4H,1-3H2,(H,11,12). The lowest BCUT2D eigenvalue weighted by atomic mass is 10.2. The number of hydrogen-bond donors (Lipinski definition) is 1. The lowest BCUT2D eigenvalue weighted by Gasteiger charge is -2.14. The maximum absolute atomic E-state index is 10.5. The number of carbonyl (C=O) groups is 1. The second-order valence-electron chi connectivity index (χ2n) is 2.80. The van der Waals surface area contributed by atoms with Crippen molar-refractivity contribution in [2.45, 2.75) is 12.8 Å². The number of hydrogen-bond acceptors (Lipinski definition) is 4. The van der Waals surface area contributed by atoms with E-state index in [0.29, 0.717) is 12.4 Å². The van der Waals surface area contributed by atoms with E-state index in [4.69, 9.17) is 9.84 Å². The highest BCUT2D eigenvalue weighted by molar-refractivity contribution is 5.85. The maximum atomic E-state index is 10.5. The van der Waals surface area contributed by atoms with Crippen molar-refractivity contribution < 1.29 is 14.6 Å². The summed E-state index contributed by atoms with van der Waals surface area (Å²) in [6.07, 6.45) is 1.72. The summed E-state index contributed by atoms with van der Waals surface area (Å²) in [5.74, 6) is -0.525. The molecule has 0 radical (unpaired) electrons. The van der Waals surface area contributed by atoms with Crippen LogP contribution in [0.1, 0.15) is 22.6 Å². The van der Waals surface area contributed by atoms with Gasteiger partial charge in [0.05, 0.1) is 6.61 Å². The van der Waals surface area contributed by atoms with Gasteiger partial charge in [0.1, 0.15) is 11.4 Å². The van der Waals surface area contributed by atoms with Crippen molar-refractivity contribution in [1.29, 1.82) is 0 Å². The Bertz CT molecular complexity index is 351. The summed E-state index contributed by atoms with van der Waals surface area (Å²) in [6, 6.07) is 1.42. The van der Waals surface area contributed by atoms with Crippen LogP contribution in [0.25, 0.3) is 0 Å². The van der Waals surface area contributed by atoms with Gasteiger partial charge in [-0.1, -0.05) is 0 Å². The number of ether oxygens (including phenoxy) is 1. The van der Waals surface area contributed by atoms with Crippen molar-refractivity contribution in [3.05, 3.63) is 17.5 Å². The predicted octanol–water partition coefficient (Wildman–Crippen LogP) is 0.500. The summed E-state index contributed by atoms with van der Waals surface area (Å²) >= 11 is 0. The fraction of sp³-hybridized carbons (Fsp3) is 0.375. The van der Waals surface area contributed by atoms with Crippen molar-refractivity contribution in [3.8, 4) is 5.75 Å². The second kappa shape index (κ2) is 3.01. The molecule has 1 aliphatic heterocycles. The first-order chi connectivity index (χ1) is 6.27. The zero-order valence-electron chi connectivity index (χ0n) is 6.86. The van der Waals surface area contributed by atoms with Gasteiger partial charge in [0.2, 0.25) is 0 Å². The first-order valence-corrected chi connectivity index (χ1v) is 4.00. The summed E-state index contributed by atoms with van der Waals surface area (Å²) in [5.41, 5.74) is 0.678. The molecule has 0 aliphatic carbocycles. The molecule has 0 amide bonds. The Balaban J connectivity index is 2.40. The molecular formula is C8H8N2O3. The van der Waals surface area contributed by atoms with E-state index in [1.807, 2.05) is 0 Å². The van der Waals surface area contributed by atoms with Gasteiger partial charge in [0.15, 0.2) is 5.69 Å². The minimum atomic E-state index is -1.08. The second-order valence-corrected chi connectivity index (χ2v) is 2.80. The normalized spacial score (nSPS) is 14.5. The molecule has 5 heteroatoms. The highest BCUT2D eigenvalue weighted by atomic mass is 16.5. The topological polar surface area (TPSA) is 72.3 Å². The molecular weight excluding hydrogens is 172 g/mol. The van der Waals surface area contributed by atoms with Gasteiger partial charge in [-0.25, -0.2) is 4.79 Å². The molecule has 0 atom stereocenters. The van der Waals surface area contributed by atoms with Crippen LogP contribution < -0.4 is 4.74 Å². The maximum Gasteiger partial charge on any atom is 0.356 e. The third-order valence-electron chi connectivity index (χ3n) is 1.87. The first-order valence-electron chi connectivity index (χ1n) is 4.00. The zero-order chi connectivity index (χ0) is 9.26. The fourth-order valence-electron chi connectivity index (χ4n) is 1.22. The molecule has 1 aliphatic rings. The van der Waals surface area contributed by atoms with E-state index in [9.17, 15) is 4.79 Å². The summed E-state index contributed by atoms with van der Waals surface area (Å²) in [5, 5.41) is 16.0. The lowest BCUT2D eigenvalue weighted by molar-refractivity contribution is 0.0688. The van der Waals surface area contributed by atoms with E-state index < -0.39 is 5.97 Å². The van der Waals surface area contributed by atoms with E-state index in [-0.39, 0.29) is 5.69 Å². The van der Waals surface area contributed by atoms with Crippen molar-refractivity contribution in [3.63, 3.8) is 0 Å². The van der Waals surface area contributed by atoms with Gasteiger partial charge in [-0.2, -0.15) is 5.10 Å². The van der Waals surface area contributed by atoms with Crippen LogP contribution in [0, 0.1) is 0 Å². The Morgan fingerprint density at radius 1 is 1.54 bits per heavy atom. The highest BCUT2D eigenvalue weighted by Crippen LogP contribution is 2.21. The summed E-state index contributed by atoms with van der Waals surface area (Å²) in [4.78, 5) is 10.5. The third-order valence-corrected chi connectivity index (χ3v) is 1.87. The van der Waals surface area contributed by atoms with Gasteiger partial charge in [0.25, 0.3) is 0 Å². The number of rotatable bonds is 1. The number of carboxylic acid groups (broad SMARTS) is 1. The monoisotopic (exact) mass is 180 g/mol. The van der Waals surface area contributed by atoms with E-state index >= 15 is 0 Å². The highest BCUT2D eigenvalue weighted by Gasteiger charge is 2.15. The van der Waals surface area contributed by atoms with Crippen molar-refractivity contribution in [1.82, 2.24) is 10.2 Å². The van der Waals surface area contributed by atoms with Crippen LogP contribution in [0.15, 0.2) is 6.07 Å². The molecule has 2 rings (SSSR count). The van der Waals surface area contributed by atoms with Gasteiger partial charge in [0, 0.05) is 6.07 Å². The average Bonchev–Trinajstić information content (AvgIpc) is 2.17. The summed E-state index contributed by atoms with van der Waals surface area (Å²) in [7, 11) is 0. The molecule has 0 fully saturated rings. The molecule has 0 saturated heterocycles. The minimum absolute atomic E-state index is 0.0688. The smallest absolute Gasteiger partial charge is 0.356 e. The van der Waals surface area contributed by atoms with Crippen LogP contribution in [0.3, 0.4) is 0 Å². The average molecular weight is 180 g/mol. The molecule has 0 aromatic carbocycles. The van der Waals surface area contributed by atoms with Gasteiger partial charge in [-0.15, -0.1) is 5.10 Å². The van der Waals surface area contributed by atoms with Crippen LogP contribution in [-0.2, 0) is 6.42 Å². The minimum Gasteiger partial charge on any atom is -0.492 e. The Morgan fingerprint density at radius 2 is 2.38 bits per heavy atom. The molecule has 0 bridgehead atoms. The molecule has 1 aromatic heterocycles. The van der Waals surface area contributed by atoms with Gasteiger partial charge < -0.3 is 9.84 Å². The third kappa shape index (κ3) is 1.44. The molecule has 5 nitrogen and oxygen atoms in total. The first kappa shape index (κ1) is 7.97. The van der Waals surface area contributed by atoms with Crippen molar-refractivity contribution >= 4 is 5.97 Å². The molecule has 2 heterocycles. The number of nitrogens with zero attached hydrogens (tertiary/aromatic N) is 2. The van der Waals surface area contributed by atoms with Gasteiger partial charge >= 0.3 is 5.97 Å². The molecule has 0 saturated carbocycles. The Labute approximate surface area is 74.4 Å². The van der Waals surface area contributed by atoms with Gasteiger partial charge in [-0.3, -0.25) is 0 Å². The largest absolute Gasteiger partial charge is 0.492 e. The SMILES string of the molecule is O=C(O)c1cc2c(nn1)CCCO2.